The van der Waals surface area contributed by atoms with E-state index >= 15 is 0 Å². The summed E-state index contributed by atoms with van der Waals surface area (Å²) in [4.78, 5) is 3.21. The SMILES string of the molecule is Cc1cc(C)[nH+]c(C)c1.F[B-](F)(F)F. The maximum absolute atomic E-state index is 9.75. The fraction of sp³-hybridized carbons (Fsp3) is 0.375. The van der Waals surface area contributed by atoms with Gasteiger partial charge in [0, 0.05) is 26.0 Å². The Morgan fingerprint density at radius 2 is 1.21 bits per heavy atom. The number of rotatable bonds is 0. The zero-order valence-electron chi connectivity index (χ0n) is 8.24. The van der Waals surface area contributed by atoms with Crippen LogP contribution in [-0.4, -0.2) is 7.25 Å². The van der Waals surface area contributed by atoms with Gasteiger partial charge in [0.2, 0.25) is 0 Å². The molecular formula is C8H12BF4N. The van der Waals surface area contributed by atoms with Gasteiger partial charge in [0.25, 0.3) is 0 Å². The molecule has 1 heterocycles. The molecule has 80 valence electrons. The monoisotopic (exact) mass is 209 g/mol. The lowest BCUT2D eigenvalue weighted by molar-refractivity contribution is -0.396. The van der Waals surface area contributed by atoms with Crippen LogP contribution in [0.4, 0.5) is 17.3 Å². The molecule has 1 aromatic rings. The topological polar surface area (TPSA) is 14.1 Å². The Morgan fingerprint density at radius 3 is 1.43 bits per heavy atom. The molecule has 0 aliphatic heterocycles. The minimum atomic E-state index is -6.00. The van der Waals surface area contributed by atoms with Crippen molar-refractivity contribution in [1.82, 2.24) is 0 Å². The molecule has 0 aliphatic carbocycles. The van der Waals surface area contributed by atoms with Gasteiger partial charge in [0.1, 0.15) is 0 Å². The molecule has 1 rings (SSSR count). The molecule has 0 saturated carbocycles. The van der Waals surface area contributed by atoms with Gasteiger partial charge in [-0.3, -0.25) is 0 Å². The van der Waals surface area contributed by atoms with Crippen LogP contribution in [0.5, 0.6) is 0 Å². The molecule has 0 amide bonds. The van der Waals surface area contributed by atoms with Gasteiger partial charge in [0.05, 0.1) is 0 Å². The van der Waals surface area contributed by atoms with Crippen molar-refractivity contribution in [3.8, 4) is 0 Å². The standard InChI is InChI=1S/C8H11N.BF4/c1-6-4-7(2)9-8(3)5-6;2-1(3,4)5/h4-5H,1-3H3;/q;-1/p+1. The van der Waals surface area contributed by atoms with Crippen LogP contribution in [-0.2, 0) is 0 Å². The Hall–Kier alpha value is -1.07. The predicted octanol–water partition coefficient (Wildman–Crippen LogP) is 2.73. The number of hydrogen-bond acceptors (Lipinski definition) is 0. The second kappa shape index (κ2) is 4.98. The molecule has 0 atom stereocenters. The summed E-state index contributed by atoms with van der Waals surface area (Å²) in [5.74, 6) is 0. The van der Waals surface area contributed by atoms with Crippen LogP contribution in [0, 0.1) is 20.8 Å². The normalized spacial score (nSPS) is 10.5. The number of aromatic nitrogens is 1. The average molecular weight is 209 g/mol. The van der Waals surface area contributed by atoms with Gasteiger partial charge in [-0.2, -0.15) is 0 Å². The maximum Gasteiger partial charge on any atom is 0.673 e. The van der Waals surface area contributed by atoms with Crippen molar-refractivity contribution >= 4 is 7.25 Å². The summed E-state index contributed by atoms with van der Waals surface area (Å²) >= 11 is 0. The Morgan fingerprint density at radius 1 is 0.929 bits per heavy atom. The minimum absolute atomic E-state index is 1.23. The molecule has 0 radical (unpaired) electrons. The Balaban J connectivity index is 0.000000292. The summed E-state index contributed by atoms with van der Waals surface area (Å²) in [6.45, 7) is 6.24. The lowest BCUT2D eigenvalue weighted by Crippen LogP contribution is -2.11. The van der Waals surface area contributed by atoms with Gasteiger partial charge in [-0.25, -0.2) is 4.98 Å². The second-order valence-electron chi connectivity index (χ2n) is 3.02. The number of aromatic amines is 1. The van der Waals surface area contributed by atoms with Crippen molar-refractivity contribution in [2.24, 2.45) is 0 Å². The predicted molar refractivity (Wildman–Crippen MR) is 47.4 cm³/mol. The van der Waals surface area contributed by atoms with E-state index in [0.717, 1.165) is 0 Å². The highest BCUT2D eigenvalue weighted by Gasteiger charge is 2.20. The van der Waals surface area contributed by atoms with E-state index in [1.807, 2.05) is 0 Å². The third-order valence-electron chi connectivity index (χ3n) is 1.28. The summed E-state index contributed by atoms with van der Waals surface area (Å²) in [7, 11) is -6.00. The molecule has 0 aromatic carbocycles. The first-order valence-electron chi connectivity index (χ1n) is 4.03. The fourth-order valence-electron chi connectivity index (χ4n) is 1.11. The van der Waals surface area contributed by atoms with Gasteiger partial charge < -0.3 is 17.3 Å². The highest BCUT2D eigenvalue weighted by Crippen LogP contribution is 2.06. The van der Waals surface area contributed by atoms with Gasteiger partial charge in [-0.05, 0) is 12.5 Å². The highest BCUT2D eigenvalue weighted by molar-refractivity contribution is 6.50. The number of H-pyrrole nitrogens is 1. The molecule has 0 fully saturated rings. The summed E-state index contributed by atoms with van der Waals surface area (Å²) < 4.78 is 39.0. The van der Waals surface area contributed by atoms with Crippen molar-refractivity contribution in [3.05, 3.63) is 29.1 Å². The second-order valence-corrected chi connectivity index (χ2v) is 3.02. The lowest BCUT2D eigenvalue weighted by atomic mass is 10.2. The molecular weight excluding hydrogens is 197 g/mol. The first kappa shape index (κ1) is 12.9. The smallest absolute Gasteiger partial charge is 0.418 e. The molecule has 0 unspecified atom stereocenters. The van der Waals surface area contributed by atoms with Gasteiger partial charge in [0.15, 0.2) is 11.4 Å². The number of hydrogen-bond donors (Lipinski definition) is 0. The Bertz CT molecular complexity index is 241. The van der Waals surface area contributed by atoms with E-state index in [1.165, 1.54) is 17.0 Å². The highest BCUT2D eigenvalue weighted by atomic mass is 19.5. The van der Waals surface area contributed by atoms with Crippen LogP contribution in [0.15, 0.2) is 12.1 Å². The molecule has 1 nitrogen and oxygen atoms in total. The zero-order valence-corrected chi connectivity index (χ0v) is 8.24. The van der Waals surface area contributed by atoms with E-state index in [1.54, 1.807) is 0 Å². The number of nitrogens with one attached hydrogen (secondary N) is 1. The zero-order chi connectivity index (χ0) is 11.4. The average Bonchev–Trinajstić information content (AvgIpc) is 1.77. The number of halogens is 4. The summed E-state index contributed by atoms with van der Waals surface area (Å²) in [6.07, 6.45) is 0. The van der Waals surface area contributed by atoms with Crippen LogP contribution < -0.4 is 4.98 Å². The van der Waals surface area contributed by atoms with Crippen LogP contribution in [0.2, 0.25) is 0 Å². The first-order chi connectivity index (χ1) is 6.18. The molecule has 0 saturated heterocycles. The van der Waals surface area contributed by atoms with E-state index in [0.29, 0.717) is 0 Å². The Labute approximate surface area is 80.3 Å². The quantitative estimate of drug-likeness (QED) is 0.460. The molecule has 1 aromatic heterocycles. The third kappa shape index (κ3) is 9.03. The van der Waals surface area contributed by atoms with E-state index < -0.39 is 7.25 Å². The largest absolute Gasteiger partial charge is 0.673 e. The molecule has 1 N–H and O–H groups in total. The van der Waals surface area contributed by atoms with E-state index in [4.69, 9.17) is 0 Å². The Kier molecular flexibility index (Phi) is 4.60. The molecule has 6 heteroatoms. The minimum Gasteiger partial charge on any atom is -0.418 e. The summed E-state index contributed by atoms with van der Waals surface area (Å²) in [5.41, 5.74) is 3.78. The fourth-order valence-corrected chi connectivity index (χ4v) is 1.11. The number of pyridine rings is 1. The van der Waals surface area contributed by atoms with Crippen LogP contribution in [0.25, 0.3) is 0 Å². The van der Waals surface area contributed by atoms with Gasteiger partial charge in [-0.1, -0.05) is 0 Å². The molecule has 14 heavy (non-hydrogen) atoms. The van der Waals surface area contributed by atoms with Crippen LogP contribution in [0.1, 0.15) is 17.0 Å². The van der Waals surface area contributed by atoms with E-state index in [2.05, 4.69) is 37.9 Å². The van der Waals surface area contributed by atoms with Crippen molar-refractivity contribution < 1.29 is 22.2 Å². The van der Waals surface area contributed by atoms with E-state index in [9.17, 15) is 17.3 Å². The summed E-state index contributed by atoms with van der Waals surface area (Å²) in [6, 6.07) is 4.26. The van der Waals surface area contributed by atoms with Crippen molar-refractivity contribution in [3.63, 3.8) is 0 Å². The van der Waals surface area contributed by atoms with Crippen molar-refractivity contribution in [1.29, 1.82) is 0 Å². The van der Waals surface area contributed by atoms with E-state index in [-0.39, 0.29) is 0 Å². The van der Waals surface area contributed by atoms with Crippen molar-refractivity contribution in [2.45, 2.75) is 20.8 Å². The van der Waals surface area contributed by atoms with Gasteiger partial charge in [-0.15, -0.1) is 0 Å². The van der Waals surface area contributed by atoms with Crippen LogP contribution >= 0.6 is 0 Å². The molecule has 0 spiro atoms. The first-order valence-corrected chi connectivity index (χ1v) is 4.03. The van der Waals surface area contributed by atoms with Crippen molar-refractivity contribution in [2.75, 3.05) is 0 Å². The summed E-state index contributed by atoms with van der Waals surface area (Å²) in [5, 5.41) is 0. The maximum atomic E-state index is 9.75. The number of aryl methyl sites for hydroxylation is 3. The molecule has 0 bridgehead atoms. The molecule has 0 aliphatic rings. The van der Waals surface area contributed by atoms with Gasteiger partial charge >= 0.3 is 7.25 Å². The van der Waals surface area contributed by atoms with Crippen LogP contribution in [0.3, 0.4) is 0 Å². The lowest BCUT2D eigenvalue weighted by Gasteiger charge is -1.94. The third-order valence-corrected chi connectivity index (χ3v) is 1.28.